The highest BCUT2D eigenvalue weighted by Gasteiger charge is 2.31. The third-order valence-corrected chi connectivity index (χ3v) is 3.55. The summed E-state index contributed by atoms with van der Waals surface area (Å²) < 4.78 is 5.26. The minimum absolute atomic E-state index is 0.538. The summed E-state index contributed by atoms with van der Waals surface area (Å²) in [5, 5.41) is 10.3. The average Bonchev–Trinajstić information content (AvgIpc) is 2.17. The van der Waals surface area contributed by atoms with Crippen molar-refractivity contribution in [1.82, 2.24) is 4.90 Å². The fourth-order valence-corrected chi connectivity index (χ4v) is 2.18. The fourth-order valence-electron chi connectivity index (χ4n) is 2.07. The van der Waals surface area contributed by atoms with E-state index in [0.29, 0.717) is 19.1 Å². The highest BCUT2D eigenvalue weighted by molar-refractivity contribution is 7.80. The molecule has 0 saturated carbocycles. The molecule has 0 bridgehead atoms. The lowest BCUT2D eigenvalue weighted by molar-refractivity contribution is -0.0776. The standard InChI is InChI=1S/C11H23NO2S/c1-10(8-15)7-12(2)9-11(13)3-5-14-6-4-11/h10,13,15H,3-9H2,1-2H3. The maximum Gasteiger partial charge on any atom is 0.0817 e. The quantitative estimate of drug-likeness (QED) is 0.696. The molecule has 0 aromatic carbocycles. The van der Waals surface area contributed by atoms with Gasteiger partial charge in [-0.1, -0.05) is 6.92 Å². The Kier molecular flexibility index (Phi) is 5.39. The van der Waals surface area contributed by atoms with Crippen LogP contribution in [0.2, 0.25) is 0 Å². The molecule has 1 aliphatic rings. The van der Waals surface area contributed by atoms with Crippen molar-refractivity contribution in [2.45, 2.75) is 25.4 Å². The van der Waals surface area contributed by atoms with Gasteiger partial charge in [0.05, 0.1) is 5.60 Å². The molecule has 1 aliphatic heterocycles. The molecule has 1 N–H and O–H groups in total. The van der Waals surface area contributed by atoms with Gasteiger partial charge in [0, 0.05) is 39.1 Å². The molecule has 3 nitrogen and oxygen atoms in total. The molecule has 0 aromatic heterocycles. The monoisotopic (exact) mass is 233 g/mol. The molecule has 0 aromatic rings. The number of aliphatic hydroxyl groups is 1. The second-order valence-corrected chi connectivity index (χ2v) is 5.19. The van der Waals surface area contributed by atoms with Gasteiger partial charge in [0.25, 0.3) is 0 Å². The molecule has 1 rings (SSSR count). The molecule has 1 atom stereocenters. The Hall–Kier alpha value is 0.230. The predicted molar refractivity (Wildman–Crippen MR) is 65.5 cm³/mol. The second kappa shape index (κ2) is 6.09. The number of hydrogen-bond donors (Lipinski definition) is 2. The zero-order valence-electron chi connectivity index (χ0n) is 9.78. The van der Waals surface area contributed by atoms with Crippen molar-refractivity contribution < 1.29 is 9.84 Å². The summed E-state index contributed by atoms with van der Waals surface area (Å²) in [6.45, 7) is 5.29. The van der Waals surface area contributed by atoms with Crippen LogP contribution >= 0.6 is 12.6 Å². The molecular formula is C11H23NO2S. The van der Waals surface area contributed by atoms with E-state index in [1.165, 1.54) is 0 Å². The Morgan fingerprint density at radius 2 is 2.07 bits per heavy atom. The Morgan fingerprint density at radius 3 is 2.60 bits per heavy atom. The van der Waals surface area contributed by atoms with Crippen molar-refractivity contribution in [3.05, 3.63) is 0 Å². The zero-order chi connectivity index (χ0) is 11.3. The topological polar surface area (TPSA) is 32.7 Å². The number of nitrogens with zero attached hydrogens (tertiary/aromatic N) is 1. The van der Waals surface area contributed by atoms with Crippen LogP contribution in [0.3, 0.4) is 0 Å². The highest BCUT2D eigenvalue weighted by atomic mass is 32.1. The average molecular weight is 233 g/mol. The summed E-state index contributed by atoms with van der Waals surface area (Å²) in [6.07, 6.45) is 1.51. The third-order valence-electron chi connectivity index (χ3n) is 2.92. The number of rotatable bonds is 5. The van der Waals surface area contributed by atoms with E-state index in [-0.39, 0.29) is 0 Å². The normalized spacial score (nSPS) is 23.0. The van der Waals surface area contributed by atoms with Gasteiger partial charge in [0.15, 0.2) is 0 Å². The molecule has 15 heavy (non-hydrogen) atoms. The van der Waals surface area contributed by atoms with Crippen molar-refractivity contribution in [3.63, 3.8) is 0 Å². The zero-order valence-corrected chi connectivity index (χ0v) is 10.7. The summed E-state index contributed by atoms with van der Waals surface area (Å²) >= 11 is 4.27. The lowest BCUT2D eigenvalue weighted by Crippen LogP contribution is -2.46. The maximum atomic E-state index is 10.3. The maximum absolute atomic E-state index is 10.3. The molecule has 1 fully saturated rings. The van der Waals surface area contributed by atoms with E-state index < -0.39 is 5.60 Å². The SMILES string of the molecule is CC(CS)CN(C)CC1(O)CCOCC1. The first-order chi connectivity index (χ1) is 7.06. The van der Waals surface area contributed by atoms with Gasteiger partial charge in [-0.25, -0.2) is 0 Å². The first kappa shape index (κ1) is 13.3. The third kappa shape index (κ3) is 4.72. The lowest BCUT2D eigenvalue weighted by Gasteiger charge is -2.36. The van der Waals surface area contributed by atoms with Crippen LogP contribution in [0.1, 0.15) is 19.8 Å². The largest absolute Gasteiger partial charge is 0.388 e. The van der Waals surface area contributed by atoms with Crippen molar-refractivity contribution in [2.75, 3.05) is 39.1 Å². The van der Waals surface area contributed by atoms with Crippen molar-refractivity contribution >= 4 is 12.6 Å². The van der Waals surface area contributed by atoms with E-state index in [1.807, 2.05) is 0 Å². The molecule has 1 heterocycles. The highest BCUT2D eigenvalue weighted by Crippen LogP contribution is 2.21. The van der Waals surface area contributed by atoms with Gasteiger partial charge < -0.3 is 14.7 Å². The Labute approximate surface area is 98.2 Å². The minimum atomic E-state index is -0.538. The fraction of sp³-hybridized carbons (Fsp3) is 1.00. The van der Waals surface area contributed by atoms with E-state index in [1.54, 1.807) is 0 Å². The van der Waals surface area contributed by atoms with Crippen LogP contribution < -0.4 is 0 Å². The molecule has 1 saturated heterocycles. The lowest BCUT2D eigenvalue weighted by atomic mass is 9.93. The molecular weight excluding hydrogens is 210 g/mol. The molecule has 0 amide bonds. The van der Waals surface area contributed by atoms with Crippen molar-refractivity contribution in [1.29, 1.82) is 0 Å². The van der Waals surface area contributed by atoms with Crippen LogP contribution in [0.15, 0.2) is 0 Å². The van der Waals surface area contributed by atoms with Gasteiger partial charge in [0.1, 0.15) is 0 Å². The summed E-state index contributed by atoms with van der Waals surface area (Å²) in [7, 11) is 2.06. The van der Waals surface area contributed by atoms with E-state index in [0.717, 1.165) is 31.7 Å². The molecule has 4 heteroatoms. The summed E-state index contributed by atoms with van der Waals surface area (Å²) in [5.74, 6) is 1.47. The van der Waals surface area contributed by atoms with E-state index >= 15 is 0 Å². The van der Waals surface area contributed by atoms with Gasteiger partial charge in [-0.3, -0.25) is 0 Å². The molecule has 90 valence electrons. The second-order valence-electron chi connectivity index (χ2n) is 4.82. The first-order valence-electron chi connectivity index (χ1n) is 5.65. The number of likely N-dealkylation sites (N-methyl/N-ethyl adjacent to an activating group) is 1. The summed E-state index contributed by atoms with van der Waals surface area (Å²) in [4.78, 5) is 2.20. The van der Waals surface area contributed by atoms with Gasteiger partial charge in [-0.15, -0.1) is 0 Å². The molecule has 1 unspecified atom stereocenters. The molecule has 0 aliphatic carbocycles. The number of thiol groups is 1. The van der Waals surface area contributed by atoms with Crippen molar-refractivity contribution in [3.8, 4) is 0 Å². The van der Waals surface area contributed by atoms with Gasteiger partial charge >= 0.3 is 0 Å². The van der Waals surface area contributed by atoms with Gasteiger partial charge in [-0.05, 0) is 18.7 Å². The number of ether oxygens (including phenoxy) is 1. The Bertz CT molecular complexity index is 183. The van der Waals surface area contributed by atoms with Crippen LogP contribution in [-0.4, -0.2) is 54.7 Å². The van der Waals surface area contributed by atoms with Crippen LogP contribution in [0.25, 0.3) is 0 Å². The minimum Gasteiger partial charge on any atom is -0.388 e. The predicted octanol–water partition coefficient (Wildman–Crippen LogP) is 1.03. The molecule has 0 spiro atoms. The smallest absolute Gasteiger partial charge is 0.0817 e. The van der Waals surface area contributed by atoms with E-state index in [2.05, 4.69) is 31.5 Å². The number of hydrogen-bond acceptors (Lipinski definition) is 4. The van der Waals surface area contributed by atoms with Gasteiger partial charge in [-0.2, -0.15) is 12.6 Å². The van der Waals surface area contributed by atoms with E-state index in [9.17, 15) is 5.11 Å². The van der Waals surface area contributed by atoms with Crippen LogP contribution in [0.4, 0.5) is 0 Å². The van der Waals surface area contributed by atoms with Crippen LogP contribution in [-0.2, 0) is 4.74 Å². The summed E-state index contributed by atoms with van der Waals surface area (Å²) in [6, 6.07) is 0. The first-order valence-corrected chi connectivity index (χ1v) is 6.28. The van der Waals surface area contributed by atoms with Gasteiger partial charge in [0.2, 0.25) is 0 Å². The van der Waals surface area contributed by atoms with Crippen LogP contribution in [0.5, 0.6) is 0 Å². The molecule has 0 radical (unpaired) electrons. The summed E-state index contributed by atoms with van der Waals surface area (Å²) in [5.41, 5.74) is -0.538. The Balaban J connectivity index is 2.31. The Morgan fingerprint density at radius 1 is 1.47 bits per heavy atom. The van der Waals surface area contributed by atoms with Crippen molar-refractivity contribution in [2.24, 2.45) is 5.92 Å². The van der Waals surface area contributed by atoms with E-state index in [4.69, 9.17) is 4.74 Å². The van der Waals surface area contributed by atoms with Crippen LogP contribution in [0, 0.1) is 5.92 Å².